The van der Waals surface area contributed by atoms with Gasteiger partial charge in [-0.25, -0.2) is 0 Å². The first kappa shape index (κ1) is 12.7. The lowest BCUT2D eigenvalue weighted by molar-refractivity contribution is 0.253. The molecule has 3 rings (SSSR count). The van der Waals surface area contributed by atoms with Gasteiger partial charge in [0, 0.05) is 12.1 Å². The van der Waals surface area contributed by atoms with Crippen LogP contribution in [0.1, 0.15) is 43.6 Å². The van der Waals surface area contributed by atoms with Gasteiger partial charge in [-0.05, 0) is 49.7 Å². The molecule has 0 amide bonds. The number of nitrogens with one attached hydrogen (secondary N) is 1. The zero-order chi connectivity index (χ0) is 13.1. The molecule has 19 heavy (non-hydrogen) atoms. The molecule has 1 aromatic rings. The second-order valence-electron chi connectivity index (χ2n) is 5.76. The molecular formula is C17H23NO. The minimum Gasteiger partial charge on any atom is -0.496 e. The van der Waals surface area contributed by atoms with Crippen LogP contribution >= 0.6 is 0 Å². The molecule has 2 aliphatic rings. The van der Waals surface area contributed by atoms with Crippen molar-refractivity contribution >= 4 is 0 Å². The first-order valence-electron chi connectivity index (χ1n) is 7.41. The molecule has 1 atom stereocenters. The first-order valence-corrected chi connectivity index (χ1v) is 7.41. The van der Waals surface area contributed by atoms with Crippen molar-refractivity contribution in [1.29, 1.82) is 0 Å². The highest BCUT2D eigenvalue weighted by Gasteiger charge is 2.33. The van der Waals surface area contributed by atoms with E-state index < -0.39 is 0 Å². The van der Waals surface area contributed by atoms with Crippen LogP contribution < -0.4 is 10.1 Å². The molecule has 0 bridgehead atoms. The fourth-order valence-corrected chi connectivity index (χ4v) is 3.29. The molecule has 1 unspecified atom stereocenters. The lowest BCUT2D eigenvalue weighted by Gasteiger charge is -2.39. The van der Waals surface area contributed by atoms with Crippen molar-refractivity contribution in [2.45, 2.75) is 50.1 Å². The summed E-state index contributed by atoms with van der Waals surface area (Å²) in [6.45, 7) is 0. The van der Waals surface area contributed by atoms with E-state index in [9.17, 15) is 0 Å². The summed E-state index contributed by atoms with van der Waals surface area (Å²) >= 11 is 0. The summed E-state index contributed by atoms with van der Waals surface area (Å²) in [4.78, 5) is 0. The highest BCUT2D eigenvalue weighted by Crippen LogP contribution is 2.41. The molecule has 1 fully saturated rings. The molecule has 2 aliphatic carbocycles. The molecule has 0 saturated heterocycles. The summed E-state index contributed by atoms with van der Waals surface area (Å²) in [5, 5.41) is 3.80. The van der Waals surface area contributed by atoms with Gasteiger partial charge in [0.25, 0.3) is 0 Å². The maximum atomic E-state index is 5.46. The first-order chi connectivity index (χ1) is 9.36. The molecule has 0 radical (unpaired) electrons. The maximum Gasteiger partial charge on any atom is 0.122 e. The van der Waals surface area contributed by atoms with E-state index in [1.165, 1.54) is 37.7 Å². The smallest absolute Gasteiger partial charge is 0.122 e. The van der Waals surface area contributed by atoms with Crippen molar-refractivity contribution < 1.29 is 4.74 Å². The predicted molar refractivity (Wildman–Crippen MR) is 78.7 cm³/mol. The fraction of sp³-hybridized carbons (Fsp3) is 0.529. The molecule has 2 heteroatoms. The van der Waals surface area contributed by atoms with E-state index in [0.29, 0.717) is 18.0 Å². The summed E-state index contributed by atoms with van der Waals surface area (Å²) < 4.78 is 5.46. The van der Waals surface area contributed by atoms with Crippen LogP contribution in [0, 0.1) is 0 Å². The van der Waals surface area contributed by atoms with Crippen molar-refractivity contribution in [2.24, 2.45) is 0 Å². The Balaban J connectivity index is 1.53. The summed E-state index contributed by atoms with van der Waals surface area (Å²) in [5.74, 6) is 1.72. The maximum absolute atomic E-state index is 5.46. The van der Waals surface area contributed by atoms with Crippen LogP contribution in [0.2, 0.25) is 0 Å². The monoisotopic (exact) mass is 257 g/mol. The standard InChI is InChI=1S/C17H23NO/c1-19-17-10-6-5-9-16(17)13-11-15(12-13)18-14-7-3-2-4-8-14/h2-3,5-6,9-10,13-15,18H,4,7-8,11-12H2,1H3. The third kappa shape index (κ3) is 2.84. The van der Waals surface area contributed by atoms with Crippen LogP contribution in [-0.2, 0) is 0 Å². The fourth-order valence-electron chi connectivity index (χ4n) is 3.29. The second kappa shape index (κ2) is 5.79. The van der Waals surface area contributed by atoms with Gasteiger partial charge in [0.15, 0.2) is 0 Å². The molecule has 0 aliphatic heterocycles. The van der Waals surface area contributed by atoms with Gasteiger partial charge >= 0.3 is 0 Å². The van der Waals surface area contributed by atoms with Gasteiger partial charge in [-0.3, -0.25) is 0 Å². The topological polar surface area (TPSA) is 21.3 Å². The quantitative estimate of drug-likeness (QED) is 0.831. The second-order valence-corrected chi connectivity index (χ2v) is 5.76. The summed E-state index contributed by atoms with van der Waals surface area (Å²) in [7, 11) is 1.77. The van der Waals surface area contributed by atoms with Crippen molar-refractivity contribution in [1.82, 2.24) is 5.32 Å². The van der Waals surface area contributed by atoms with Gasteiger partial charge in [0.05, 0.1) is 7.11 Å². The highest BCUT2D eigenvalue weighted by molar-refractivity contribution is 5.37. The summed E-state index contributed by atoms with van der Waals surface area (Å²) in [5.41, 5.74) is 1.38. The normalized spacial score (nSPS) is 29.8. The van der Waals surface area contributed by atoms with E-state index in [0.717, 1.165) is 5.75 Å². The van der Waals surface area contributed by atoms with Crippen molar-refractivity contribution in [3.05, 3.63) is 42.0 Å². The van der Waals surface area contributed by atoms with Crippen molar-refractivity contribution in [3.8, 4) is 5.75 Å². The number of para-hydroxylation sites is 1. The molecule has 0 spiro atoms. The van der Waals surface area contributed by atoms with E-state index in [2.05, 4.69) is 35.7 Å². The SMILES string of the molecule is COc1ccccc1C1CC(NC2CC=CCC2)C1. The molecular weight excluding hydrogens is 234 g/mol. The van der Waals surface area contributed by atoms with Crippen LogP contribution in [-0.4, -0.2) is 19.2 Å². The molecule has 2 nitrogen and oxygen atoms in total. The highest BCUT2D eigenvalue weighted by atomic mass is 16.5. The lowest BCUT2D eigenvalue weighted by atomic mass is 9.75. The van der Waals surface area contributed by atoms with E-state index in [4.69, 9.17) is 4.74 Å². The van der Waals surface area contributed by atoms with Gasteiger partial charge in [0.1, 0.15) is 5.75 Å². The number of hydrogen-bond acceptors (Lipinski definition) is 2. The van der Waals surface area contributed by atoms with Gasteiger partial charge in [-0.15, -0.1) is 0 Å². The van der Waals surface area contributed by atoms with E-state index in [-0.39, 0.29) is 0 Å². The van der Waals surface area contributed by atoms with Crippen LogP contribution in [0.5, 0.6) is 5.75 Å². The molecule has 1 aromatic carbocycles. The third-order valence-electron chi connectivity index (χ3n) is 4.46. The largest absolute Gasteiger partial charge is 0.496 e. The number of allylic oxidation sites excluding steroid dienone is 1. The summed E-state index contributed by atoms with van der Waals surface area (Å²) in [6.07, 6.45) is 10.9. The van der Waals surface area contributed by atoms with Crippen LogP contribution in [0.4, 0.5) is 0 Å². The Labute approximate surface area is 115 Å². The Morgan fingerprint density at radius 1 is 1.11 bits per heavy atom. The minimum atomic E-state index is 0.674. The van der Waals surface area contributed by atoms with Gasteiger partial charge in [-0.1, -0.05) is 30.4 Å². The van der Waals surface area contributed by atoms with Crippen LogP contribution in [0.25, 0.3) is 0 Å². The zero-order valence-corrected chi connectivity index (χ0v) is 11.6. The zero-order valence-electron chi connectivity index (χ0n) is 11.6. The van der Waals surface area contributed by atoms with E-state index >= 15 is 0 Å². The number of hydrogen-bond donors (Lipinski definition) is 1. The van der Waals surface area contributed by atoms with Crippen molar-refractivity contribution in [3.63, 3.8) is 0 Å². The van der Waals surface area contributed by atoms with E-state index in [1.54, 1.807) is 7.11 Å². The summed E-state index contributed by atoms with van der Waals surface area (Å²) in [6, 6.07) is 9.85. The number of benzene rings is 1. The average molecular weight is 257 g/mol. The third-order valence-corrected chi connectivity index (χ3v) is 4.46. The molecule has 0 aromatic heterocycles. The van der Waals surface area contributed by atoms with Crippen LogP contribution in [0.3, 0.4) is 0 Å². The Kier molecular flexibility index (Phi) is 3.88. The predicted octanol–water partition coefficient (Wildman–Crippen LogP) is 3.64. The van der Waals surface area contributed by atoms with Gasteiger partial charge in [-0.2, -0.15) is 0 Å². The Morgan fingerprint density at radius 3 is 2.68 bits per heavy atom. The molecule has 102 valence electrons. The van der Waals surface area contributed by atoms with E-state index in [1.807, 2.05) is 6.07 Å². The minimum absolute atomic E-state index is 0.674. The number of methoxy groups -OCH3 is 1. The molecule has 0 heterocycles. The Morgan fingerprint density at radius 2 is 1.95 bits per heavy atom. The van der Waals surface area contributed by atoms with Crippen LogP contribution in [0.15, 0.2) is 36.4 Å². The van der Waals surface area contributed by atoms with Crippen molar-refractivity contribution in [2.75, 3.05) is 7.11 Å². The molecule has 1 saturated carbocycles. The lowest BCUT2D eigenvalue weighted by Crippen LogP contribution is -2.45. The van der Waals surface area contributed by atoms with Gasteiger partial charge < -0.3 is 10.1 Å². The number of rotatable bonds is 4. The molecule has 1 N–H and O–H groups in total. The number of ether oxygens (including phenoxy) is 1. The van der Waals surface area contributed by atoms with Gasteiger partial charge in [0.2, 0.25) is 0 Å². The Hall–Kier alpha value is -1.28. The average Bonchev–Trinajstić information content (AvgIpc) is 2.43. The Bertz CT molecular complexity index is 448.